The standard InChI is InChI=1S/C8H16O2/c1-7(5-6-9)10-8(2,3)4/h6-7H,5H2,1-4H3/t7-/m1/s1. The zero-order valence-electron chi connectivity index (χ0n) is 7.18. The maximum absolute atomic E-state index is 10.0. The Bertz CT molecular complexity index is 102. The number of ether oxygens (including phenoxy) is 1. The summed E-state index contributed by atoms with van der Waals surface area (Å²) in [5, 5.41) is 0. The topological polar surface area (TPSA) is 26.3 Å². The minimum atomic E-state index is -0.136. The van der Waals surface area contributed by atoms with Crippen LogP contribution >= 0.6 is 0 Å². The first-order chi connectivity index (χ1) is 4.45. The van der Waals surface area contributed by atoms with Crippen LogP contribution in [0.25, 0.3) is 0 Å². The molecule has 0 rings (SSSR count). The van der Waals surface area contributed by atoms with Crippen molar-refractivity contribution in [1.82, 2.24) is 0 Å². The van der Waals surface area contributed by atoms with Crippen LogP contribution in [0.15, 0.2) is 0 Å². The highest BCUT2D eigenvalue weighted by molar-refractivity contribution is 5.49. The molecule has 0 aromatic heterocycles. The van der Waals surface area contributed by atoms with E-state index in [0.717, 1.165) is 6.29 Å². The van der Waals surface area contributed by atoms with Crippen LogP contribution in [-0.2, 0) is 9.53 Å². The summed E-state index contributed by atoms with van der Waals surface area (Å²) >= 11 is 0. The minimum Gasteiger partial charge on any atom is -0.372 e. The summed E-state index contributed by atoms with van der Waals surface area (Å²) < 4.78 is 5.45. The molecule has 0 aliphatic rings. The molecule has 0 saturated carbocycles. The molecule has 1 atom stereocenters. The smallest absolute Gasteiger partial charge is 0.122 e. The van der Waals surface area contributed by atoms with E-state index in [1.165, 1.54) is 0 Å². The van der Waals surface area contributed by atoms with Crippen LogP contribution in [-0.4, -0.2) is 18.0 Å². The highest BCUT2D eigenvalue weighted by Gasteiger charge is 2.13. The molecule has 0 unspecified atom stereocenters. The van der Waals surface area contributed by atoms with Gasteiger partial charge in [-0.3, -0.25) is 0 Å². The molecule has 0 aromatic carbocycles. The summed E-state index contributed by atoms with van der Waals surface area (Å²) in [4.78, 5) is 10.0. The fourth-order valence-corrected chi connectivity index (χ4v) is 0.787. The van der Waals surface area contributed by atoms with Gasteiger partial charge in [0.1, 0.15) is 6.29 Å². The van der Waals surface area contributed by atoms with Crippen LogP contribution in [0.5, 0.6) is 0 Å². The molecule has 2 heteroatoms. The van der Waals surface area contributed by atoms with Crippen LogP contribution < -0.4 is 0 Å². The van der Waals surface area contributed by atoms with Crippen molar-refractivity contribution in [2.24, 2.45) is 0 Å². The summed E-state index contributed by atoms with van der Waals surface area (Å²) in [6, 6.07) is 0. The summed E-state index contributed by atoms with van der Waals surface area (Å²) in [6.45, 7) is 7.84. The second kappa shape index (κ2) is 3.71. The fraction of sp³-hybridized carbons (Fsp3) is 0.875. The molecule has 0 aliphatic heterocycles. The molecule has 0 bridgehead atoms. The van der Waals surface area contributed by atoms with Gasteiger partial charge < -0.3 is 9.53 Å². The molecular weight excluding hydrogens is 128 g/mol. The highest BCUT2D eigenvalue weighted by atomic mass is 16.5. The van der Waals surface area contributed by atoms with Crippen molar-refractivity contribution in [1.29, 1.82) is 0 Å². The molecule has 0 N–H and O–H groups in total. The summed E-state index contributed by atoms with van der Waals surface area (Å²) in [7, 11) is 0. The Hall–Kier alpha value is -0.370. The van der Waals surface area contributed by atoms with Gasteiger partial charge in [-0.15, -0.1) is 0 Å². The van der Waals surface area contributed by atoms with E-state index in [-0.39, 0.29) is 11.7 Å². The third-order valence-corrected chi connectivity index (χ3v) is 0.983. The summed E-state index contributed by atoms with van der Waals surface area (Å²) in [5.74, 6) is 0. The molecule has 0 saturated heterocycles. The average molecular weight is 144 g/mol. The summed E-state index contributed by atoms with van der Waals surface area (Å²) in [6.07, 6.45) is 1.41. The van der Waals surface area contributed by atoms with E-state index in [1.54, 1.807) is 0 Å². The normalized spacial score (nSPS) is 14.8. The van der Waals surface area contributed by atoms with Gasteiger partial charge in [-0.25, -0.2) is 0 Å². The Labute approximate surface area is 62.6 Å². The lowest BCUT2D eigenvalue weighted by Gasteiger charge is -2.23. The van der Waals surface area contributed by atoms with Crippen molar-refractivity contribution in [3.05, 3.63) is 0 Å². The Morgan fingerprint density at radius 3 is 2.30 bits per heavy atom. The van der Waals surface area contributed by atoms with Crippen LogP contribution in [0.4, 0.5) is 0 Å². The Kier molecular flexibility index (Phi) is 3.58. The van der Waals surface area contributed by atoms with Gasteiger partial charge >= 0.3 is 0 Å². The van der Waals surface area contributed by atoms with E-state index < -0.39 is 0 Å². The Morgan fingerprint density at radius 1 is 1.50 bits per heavy atom. The van der Waals surface area contributed by atoms with Gasteiger partial charge in [-0.1, -0.05) is 0 Å². The zero-order chi connectivity index (χ0) is 8.20. The molecule has 0 heterocycles. The van der Waals surface area contributed by atoms with Crippen LogP contribution in [0.1, 0.15) is 34.1 Å². The van der Waals surface area contributed by atoms with Crippen molar-refractivity contribution < 1.29 is 9.53 Å². The maximum atomic E-state index is 10.0. The van der Waals surface area contributed by atoms with E-state index in [0.29, 0.717) is 6.42 Å². The quantitative estimate of drug-likeness (QED) is 0.564. The van der Waals surface area contributed by atoms with Gasteiger partial charge in [0, 0.05) is 6.42 Å². The highest BCUT2D eigenvalue weighted by Crippen LogP contribution is 2.11. The average Bonchev–Trinajstić information content (AvgIpc) is 1.59. The van der Waals surface area contributed by atoms with Gasteiger partial charge in [0.25, 0.3) is 0 Å². The third kappa shape index (κ3) is 5.76. The van der Waals surface area contributed by atoms with Gasteiger partial charge in [0.2, 0.25) is 0 Å². The molecule has 0 aliphatic carbocycles. The largest absolute Gasteiger partial charge is 0.372 e. The molecule has 0 spiro atoms. The SMILES string of the molecule is C[C@H](CC=O)OC(C)(C)C. The van der Waals surface area contributed by atoms with E-state index >= 15 is 0 Å². The van der Waals surface area contributed by atoms with Crippen molar-refractivity contribution in [3.63, 3.8) is 0 Å². The molecule has 0 radical (unpaired) electrons. The van der Waals surface area contributed by atoms with Crippen molar-refractivity contribution in [2.45, 2.75) is 45.8 Å². The zero-order valence-corrected chi connectivity index (χ0v) is 7.18. The molecule has 10 heavy (non-hydrogen) atoms. The lowest BCUT2D eigenvalue weighted by atomic mass is 10.2. The molecule has 0 amide bonds. The van der Waals surface area contributed by atoms with Gasteiger partial charge in [0.05, 0.1) is 11.7 Å². The monoisotopic (exact) mass is 144 g/mol. The van der Waals surface area contributed by atoms with Crippen LogP contribution in [0.2, 0.25) is 0 Å². The number of aldehydes is 1. The van der Waals surface area contributed by atoms with E-state index in [1.807, 2.05) is 27.7 Å². The first kappa shape index (κ1) is 9.63. The Morgan fingerprint density at radius 2 is 2.00 bits per heavy atom. The number of rotatable bonds is 3. The minimum absolute atomic E-state index is 0.0394. The number of carbonyl (C=O) groups is 1. The predicted molar refractivity (Wildman–Crippen MR) is 41.0 cm³/mol. The predicted octanol–water partition coefficient (Wildman–Crippen LogP) is 1.78. The number of hydrogen-bond donors (Lipinski definition) is 0. The molecular formula is C8H16O2. The van der Waals surface area contributed by atoms with Crippen molar-refractivity contribution >= 4 is 6.29 Å². The Balaban J connectivity index is 3.56. The van der Waals surface area contributed by atoms with Crippen LogP contribution in [0, 0.1) is 0 Å². The summed E-state index contributed by atoms with van der Waals surface area (Å²) in [5.41, 5.74) is -0.136. The maximum Gasteiger partial charge on any atom is 0.122 e. The first-order valence-electron chi connectivity index (χ1n) is 3.57. The number of carbonyl (C=O) groups excluding carboxylic acids is 1. The van der Waals surface area contributed by atoms with Crippen molar-refractivity contribution in [2.75, 3.05) is 0 Å². The van der Waals surface area contributed by atoms with E-state index in [2.05, 4.69) is 0 Å². The van der Waals surface area contributed by atoms with Gasteiger partial charge in [0.15, 0.2) is 0 Å². The lowest BCUT2D eigenvalue weighted by molar-refractivity contribution is -0.113. The van der Waals surface area contributed by atoms with Crippen LogP contribution in [0.3, 0.4) is 0 Å². The number of hydrogen-bond acceptors (Lipinski definition) is 2. The molecule has 0 aromatic rings. The van der Waals surface area contributed by atoms with Gasteiger partial charge in [-0.2, -0.15) is 0 Å². The molecule has 60 valence electrons. The fourth-order valence-electron chi connectivity index (χ4n) is 0.787. The van der Waals surface area contributed by atoms with E-state index in [9.17, 15) is 4.79 Å². The first-order valence-corrected chi connectivity index (χ1v) is 3.57. The molecule has 0 fully saturated rings. The lowest BCUT2D eigenvalue weighted by Crippen LogP contribution is -2.25. The second-order valence-corrected chi connectivity index (χ2v) is 3.44. The van der Waals surface area contributed by atoms with E-state index in [4.69, 9.17) is 4.74 Å². The third-order valence-electron chi connectivity index (χ3n) is 0.983. The van der Waals surface area contributed by atoms with Crippen molar-refractivity contribution in [3.8, 4) is 0 Å². The van der Waals surface area contributed by atoms with Gasteiger partial charge in [-0.05, 0) is 27.7 Å². The molecule has 2 nitrogen and oxygen atoms in total. The second-order valence-electron chi connectivity index (χ2n) is 3.44.